The van der Waals surface area contributed by atoms with Crippen molar-refractivity contribution in [1.82, 2.24) is 15.5 Å². The molecule has 5 nitrogen and oxygen atoms in total. The van der Waals surface area contributed by atoms with Crippen molar-refractivity contribution < 1.29 is 9.59 Å². The standard InChI is InChI=1S/C12H23N3O2.ClH/c1-3-13-6-7-14-12(17)11-5-4-8-15(9-11)10(2)16;/h11,13H,3-9H2,1-2H3,(H,14,17);1H. The van der Waals surface area contributed by atoms with Crippen molar-refractivity contribution in [3.8, 4) is 0 Å². The van der Waals surface area contributed by atoms with Gasteiger partial charge in [0.15, 0.2) is 0 Å². The van der Waals surface area contributed by atoms with Crippen molar-refractivity contribution in [3.05, 3.63) is 0 Å². The molecule has 0 aromatic rings. The maximum Gasteiger partial charge on any atom is 0.224 e. The van der Waals surface area contributed by atoms with E-state index in [1.165, 1.54) is 0 Å². The maximum absolute atomic E-state index is 11.9. The van der Waals surface area contributed by atoms with Gasteiger partial charge in [0, 0.05) is 33.1 Å². The first kappa shape index (κ1) is 17.2. The first-order valence-corrected chi connectivity index (χ1v) is 6.39. The molecule has 2 N–H and O–H groups in total. The van der Waals surface area contributed by atoms with Gasteiger partial charge in [-0.15, -0.1) is 12.4 Å². The second-order valence-electron chi connectivity index (χ2n) is 4.45. The number of rotatable bonds is 5. The molecule has 0 spiro atoms. The molecule has 0 aromatic heterocycles. The largest absolute Gasteiger partial charge is 0.355 e. The van der Waals surface area contributed by atoms with Gasteiger partial charge >= 0.3 is 0 Å². The van der Waals surface area contributed by atoms with Crippen LogP contribution in [0.5, 0.6) is 0 Å². The Labute approximate surface area is 115 Å². The number of amides is 2. The van der Waals surface area contributed by atoms with E-state index in [4.69, 9.17) is 0 Å². The molecule has 0 saturated carbocycles. The summed E-state index contributed by atoms with van der Waals surface area (Å²) in [5.41, 5.74) is 0. The molecule has 1 aliphatic rings. The van der Waals surface area contributed by atoms with Gasteiger partial charge in [0.25, 0.3) is 0 Å². The molecule has 6 heteroatoms. The highest BCUT2D eigenvalue weighted by Gasteiger charge is 2.26. The number of likely N-dealkylation sites (tertiary alicyclic amines) is 1. The van der Waals surface area contributed by atoms with E-state index in [1.54, 1.807) is 11.8 Å². The number of likely N-dealkylation sites (N-methyl/N-ethyl adjacent to an activating group) is 1. The summed E-state index contributed by atoms with van der Waals surface area (Å²) >= 11 is 0. The lowest BCUT2D eigenvalue weighted by atomic mass is 9.97. The summed E-state index contributed by atoms with van der Waals surface area (Å²) in [6, 6.07) is 0. The molecule has 0 aromatic carbocycles. The Morgan fingerprint density at radius 1 is 1.33 bits per heavy atom. The minimum Gasteiger partial charge on any atom is -0.355 e. The third-order valence-electron chi connectivity index (χ3n) is 3.09. The third-order valence-corrected chi connectivity index (χ3v) is 3.09. The van der Waals surface area contributed by atoms with Crippen LogP contribution in [0.1, 0.15) is 26.7 Å². The van der Waals surface area contributed by atoms with E-state index in [9.17, 15) is 9.59 Å². The maximum atomic E-state index is 11.9. The number of nitrogens with one attached hydrogen (secondary N) is 2. The molecule has 0 radical (unpaired) electrons. The highest BCUT2D eigenvalue weighted by Crippen LogP contribution is 2.16. The second kappa shape index (κ2) is 9.16. The smallest absolute Gasteiger partial charge is 0.224 e. The van der Waals surface area contributed by atoms with Crippen LogP contribution in [0, 0.1) is 5.92 Å². The second-order valence-corrected chi connectivity index (χ2v) is 4.45. The van der Waals surface area contributed by atoms with Gasteiger partial charge in [0.1, 0.15) is 0 Å². The van der Waals surface area contributed by atoms with Gasteiger partial charge in [-0.05, 0) is 19.4 Å². The minimum atomic E-state index is -0.0331. The molecule has 2 amide bonds. The van der Waals surface area contributed by atoms with Crippen LogP contribution < -0.4 is 10.6 Å². The zero-order valence-electron chi connectivity index (χ0n) is 11.2. The molecule has 1 rings (SSSR count). The van der Waals surface area contributed by atoms with Crippen LogP contribution in [0.3, 0.4) is 0 Å². The Morgan fingerprint density at radius 2 is 2.06 bits per heavy atom. The van der Waals surface area contributed by atoms with Gasteiger partial charge in [0.05, 0.1) is 5.92 Å². The highest BCUT2D eigenvalue weighted by molar-refractivity contribution is 5.85. The molecule has 1 fully saturated rings. The third kappa shape index (κ3) is 5.69. The van der Waals surface area contributed by atoms with Crippen molar-refractivity contribution in [2.75, 3.05) is 32.7 Å². The minimum absolute atomic E-state index is 0. The number of hydrogen-bond donors (Lipinski definition) is 2. The number of carbonyl (C=O) groups excluding carboxylic acids is 2. The van der Waals surface area contributed by atoms with Gasteiger partial charge in [0.2, 0.25) is 11.8 Å². The number of piperidine rings is 1. The molecular formula is C12H24ClN3O2. The summed E-state index contributed by atoms with van der Waals surface area (Å²) < 4.78 is 0. The number of halogens is 1. The predicted octanol–water partition coefficient (Wildman–Crippen LogP) is 0.392. The van der Waals surface area contributed by atoms with Crippen molar-refractivity contribution in [2.45, 2.75) is 26.7 Å². The van der Waals surface area contributed by atoms with Crippen LogP contribution in [0.2, 0.25) is 0 Å². The average Bonchev–Trinajstić information content (AvgIpc) is 2.34. The van der Waals surface area contributed by atoms with E-state index in [0.29, 0.717) is 13.1 Å². The summed E-state index contributed by atoms with van der Waals surface area (Å²) in [5.74, 6) is 0.110. The van der Waals surface area contributed by atoms with E-state index in [0.717, 1.165) is 32.5 Å². The fourth-order valence-electron chi connectivity index (χ4n) is 2.07. The molecule has 1 atom stereocenters. The van der Waals surface area contributed by atoms with Gasteiger partial charge < -0.3 is 15.5 Å². The van der Waals surface area contributed by atoms with Crippen LogP contribution in [0.15, 0.2) is 0 Å². The number of hydrogen-bond acceptors (Lipinski definition) is 3. The molecule has 106 valence electrons. The zero-order valence-corrected chi connectivity index (χ0v) is 12.0. The van der Waals surface area contributed by atoms with E-state index >= 15 is 0 Å². The SMILES string of the molecule is CCNCCNC(=O)C1CCCN(C(C)=O)C1.Cl. The van der Waals surface area contributed by atoms with Crippen LogP contribution in [-0.2, 0) is 9.59 Å². The average molecular weight is 278 g/mol. The van der Waals surface area contributed by atoms with Crippen LogP contribution in [0.25, 0.3) is 0 Å². The summed E-state index contributed by atoms with van der Waals surface area (Å²) in [5, 5.41) is 6.06. The van der Waals surface area contributed by atoms with Crippen molar-refractivity contribution in [2.24, 2.45) is 5.92 Å². The van der Waals surface area contributed by atoms with Gasteiger partial charge in [-0.2, -0.15) is 0 Å². The Balaban J connectivity index is 0.00000289. The van der Waals surface area contributed by atoms with E-state index in [-0.39, 0.29) is 30.1 Å². The van der Waals surface area contributed by atoms with E-state index in [1.807, 2.05) is 6.92 Å². The fraction of sp³-hybridized carbons (Fsp3) is 0.833. The topological polar surface area (TPSA) is 61.4 Å². The van der Waals surface area contributed by atoms with Crippen LogP contribution in [0.4, 0.5) is 0 Å². The Hall–Kier alpha value is -0.810. The molecule has 0 aliphatic carbocycles. The van der Waals surface area contributed by atoms with Crippen molar-refractivity contribution in [1.29, 1.82) is 0 Å². The molecule has 1 aliphatic heterocycles. The predicted molar refractivity (Wildman–Crippen MR) is 73.8 cm³/mol. The molecule has 0 bridgehead atoms. The van der Waals surface area contributed by atoms with E-state index < -0.39 is 0 Å². The molecule has 1 unspecified atom stereocenters. The summed E-state index contributed by atoms with van der Waals surface area (Å²) in [4.78, 5) is 24.9. The number of carbonyl (C=O) groups is 2. The molecule has 1 saturated heterocycles. The molecular weight excluding hydrogens is 254 g/mol. The Bertz CT molecular complexity index is 274. The Kier molecular flexibility index (Phi) is 8.75. The van der Waals surface area contributed by atoms with Gasteiger partial charge in [-0.1, -0.05) is 6.92 Å². The van der Waals surface area contributed by atoms with E-state index in [2.05, 4.69) is 10.6 Å². The lowest BCUT2D eigenvalue weighted by Gasteiger charge is -2.31. The fourth-order valence-corrected chi connectivity index (χ4v) is 2.07. The zero-order chi connectivity index (χ0) is 12.7. The monoisotopic (exact) mass is 277 g/mol. The van der Waals surface area contributed by atoms with Crippen LogP contribution in [-0.4, -0.2) is 49.4 Å². The van der Waals surface area contributed by atoms with Gasteiger partial charge in [-0.25, -0.2) is 0 Å². The molecule has 1 heterocycles. The molecule has 18 heavy (non-hydrogen) atoms. The first-order valence-electron chi connectivity index (χ1n) is 6.39. The normalized spacial score (nSPS) is 19.0. The van der Waals surface area contributed by atoms with Crippen molar-refractivity contribution in [3.63, 3.8) is 0 Å². The quantitative estimate of drug-likeness (QED) is 0.715. The summed E-state index contributed by atoms with van der Waals surface area (Å²) in [6.45, 7) is 7.32. The first-order chi connectivity index (χ1) is 8.15. The van der Waals surface area contributed by atoms with Gasteiger partial charge in [-0.3, -0.25) is 9.59 Å². The number of nitrogens with zero attached hydrogens (tertiary/aromatic N) is 1. The van der Waals surface area contributed by atoms with Crippen molar-refractivity contribution >= 4 is 24.2 Å². The highest BCUT2D eigenvalue weighted by atomic mass is 35.5. The lowest BCUT2D eigenvalue weighted by molar-refractivity contribution is -0.133. The summed E-state index contributed by atoms with van der Waals surface area (Å²) in [7, 11) is 0. The Morgan fingerprint density at radius 3 is 2.67 bits per heavy atom. The van der Waals surface area contributed by atoms with Crippen LogP contribution >= 0.6 is 12.4 Å². The summed E-state index contributed by atoms with van der Waals surface area (Å²) in [6.07, 6.45) is 1.81. The lowest BCUT2D eigenvalue weighted by Crippen LogP contribution is -2.45.